The molecule has 0 radical (unpaired) electrons. The molecule has 0 nitrogen and oxygen atoms in total. The van der Waals surface area contributed by atoms with Gasteiger partial charge in [0.15, 0.2) is 0 Å². The molecule has 0 saturated heterocycles. The molecule has 3 aromatic carbocycles. The lowest BCUT2D eigenvalue weighted by atomic mass is 9.35. The number of hydrogen-bond acceptors (Lipinski definition) is 0. The van der Waals surface area contributed by atoms with E-state index >= 15 is 0 Å². The second kappa shape index (κ2) is 7.54. The molecule has 0 aliphatic carbocycles. The number of rotatable bonds is 4. The maximum Gasteiger partial charge on any atom is 0.215 e. The Balaban J connectivity index is 2.21. The second-order valence-electron chi connectivity index (χ2n) is 7.87. The molecule has 0 spiro atoms. The maximum atomic E-state index is 2.33. The molecule has 3 aromatic rings. The van der Waals surface area contributed by atoms with Crippen LogP contribution in [-0.4, -0.2) is 6.71 Å². The fourth-order valence-corrected chi connectivity index (χ4v) is 4.68. The third-order valence-corrected chi connectivity index (χ3v) is 5.46. The van der Waals surface area contributed by atoms with Crippen molar-refractivity contribution < 1.29 is 0 Å². The molecule has 0 heterocycles. The normalized spacial score (nSPS) is 10.8. The Hall–Kier alpha value is -2.28. The molecule has 0 aromatic heterocycles. The second-order valence-corrected chi connectivity index (χ2v) is 7.87. The highest BCUT2D eigenvalue weighted by atomic mass is 14.1. The molecule has 0 fully saturated rings. The van der Waals surface area contributed by atoms with Crippen molar-refractivity contribution in [3.8, 4) is 0 Å². The molecule has 0 N–H and O–H groups in total. The number of benzene rings is 3. The van der Waals surface area contributed by atoms with Crippen LogP contribution in [0.3, 0.4) is 0 Å². The van der Waals surface area contributed by atoms with Gasteiger partial charge in [-0.25, -0.2) is 0 Å². The van der Waals surface area contributed by atoms with Crippen LogP contribution in [0.15, 0.2) is 54.6 Å². The van der Waals surface area contributed by atoms with Crippen molar-refractivity contribution in [1.82, 2.24) is 0 Å². The molecule has 0 aliphatic rings. The summed E-state index contributed by atoms with van der Waals surface area (Å²) < 4.78 is 0. The number of aryl methyl sites for hydroxylation is 6. The molecule has 0 atom stereocenters. The highest BCUT2D eigenvalue weighted by Crippen LogP contribution is 2.15. The molecule has 0 unspecified atom stereocenters. The summed E-state index contributed by atoms with van der Waals surface area (Å²) in [5.74, 6) is 0. The largest absolute Gasteiger partial charge is 0.215 e. The van der Waals surface area contributed by atoms with E-state index in [4.69, 9.17) is 0 Å². The van der Waals surface area contributed by atoms with Gasteiger partial charge in [0.05, 0.1) is 0 Å². The average molecular weight is 340 g/mol. The van der Waals surface area contributed by atoms with E-state index in [-0.39, 0.29) is 0 Å². The molecule has 1 heteroatoms. The van der Waals surface area contributed by atoms with Crippen LogP contribution in [0, 0.1) is 41.5 Å². The van der Waals surface area contributed by atoms with Crippen molar-refractivity contribution in [2.45, 2.75) is 47.9 Å². The Morgan fingerprint density at radius 2 is 0.962 bits per heavy atom. The molecular formula is C25H29B. The topological polar surface area (TPSA) is 0 Å². The van der Waals surface area contributed by atoms with Crippen molar-refractivity contribution in [3.63, 3.8) is 0 Å². The van der Waals surface area contributed by atoms with E-state index in [1.165, 1.54) is 49.9 Å². The highest BCUT2D eigenvalue weighted by Gasteiger charge is 2.26. The standard InChI is InChI=1S/C25H29B/c1-17-12-19(3)24(20(4)13-17)26(16-23-10-8-7-9-11-23)25-21(5)14-18(2)15-22(25)6/h7-15H,16H2,1-6H3. The van der Waals surface area contributed by atoms with Crippen LogP contribution < -0.4 is 10.9 Å². The van der Waals surface area contributed by atoms with Crippen molar-refractivity contribution in [1.29, 1.82) is 0 Å². The predicted molar refractivity (Wildman–Crippen MR) is 116 cm³/mol. The van der Waals surface area contributed by atoms with Gasteiger partial charge in [-0.05, 0) is 47.9 Å². The first-order valence-corrected chi connectivity index (χ1v) is 9.56. The van der Waals surface area contributed by atoms with Crippen molar-refractivity contribution in [2.75, 3.05) is 0 Å². The molecule has 3 rings (SSSR count). The van der Waals surface area contributed by atoms with E-state index in [9.17, 15) is 0 Å². The van der Waals surface area contributed by atoms with Crippen LogP contribution in [0.5, 0.6) is 0 Å². The summed E-state index contributed by atoms with van der Waals surface area (Å²) in [6.07, 6.45) is 1.04. The predicted octanol–water partition coefficient (Wildman–Crippen LogP) is 4.93. The van der Waals surface area contributed by atoms with Crippen LogP contribution >= 0.6 is 0 Å². The van der Waals surface area contributed by atoms with Crippen LogP contribution in [0.25, 0.3) is 0 Å². The van der Waals surface area contributed by atoms with E-state index in [1.807, 2.05) is 0 Å². The van der Waals surface area contributed by atoms with Gasteiger partial charge in [0.25, 0.3) is 0 Å². The minimum Gasteiger partial charge on any atom is -0.0681 e. The van der Waals surface area contributed by atoms with Gasteiger partial charge in [-0.1, -0.05) is 104 Å². The minimum atomic E-state index is 0.388. The zero-order valence-electron chi connectivity index (χ0n) is 17.0. The molecule has 0 saturated carbocycles. The Bertz CT molecular complexity index is 819. The van der Waals surface area contributed by atoms with Gasteiger partial charge in [0.2, 0.25) is 6.71 Å². The average Bonchev–Trinajstić information content (AvgIpc) is 2.53. The van der Waals surface area contributed by atoms with Gasteiger partial charge >= 0.3 is 0 Å². The monoisotopic (exact) mass is 340 g/mol. The summed E-state index contributed by atoms with van der Waals surface area (Å²) in [4.78, 5) is 0. The van der Waals surface area contributed by atoms with Crippen LogP contribution in [0.2, 0.25) is 0 Å². The van der Waals surface area contributed by atoms with Gasteiger partial charge in [-0.2, -0.15) is 0 Å². The zero-order chi connectivity index (χ0) is 18.8. The van der Waals surface area contributed by atoms with E-state index in [0.717, 1.165) is 6.32 Å². The first-order valence-electron chi connectivity index (χ1n) is 9.56. The fourth-order valence-electron chi connectivity index (χ4n) is 4.68. The van der Waals surface area contributed by atoms with Gasteiger partial charge < -0.3 is 0 Å². The van der Waals surface area contributed by atoms with Crippen LogP contribution in [0.4, 0.5) is 0 Å². The number of hydrogen-bond donors (Lipinski definition) is 0. The first kappa shape index (κ1) is 18.5. The lowest BCUT2D eigenvalue weighted by Crippen LogP contribution is -2.49. The molecule has 132 valence electrons. The van der Waals surface area contributed by atoms with Gasteiger partial charge in [0, 0.05) is 0 Å². The summed E-state index contributed by atoms with van der Waals surface area (Å²) in [6, 6.07) is 20.2. The van der Waals surface area contributed by atoms with Crippen molar-refractivity contribution >= 4 is 17.6 Å². The highest BCUT2D eigenvalue weighted by molar-refractivity contribution is 6.86. The zero-order valence-corrected chi connectivity index (χ0v) is 17.0. The molecule has 0 aliphatic heterocycles. The van der Waals surface area contributed by atoms with E-state index in [0.29, 0.717) is 6.71 Å². The summed E-state index contributed by atoms with van der Waals surface area (Å²) >= 11 is 0. The van der Waals surface area contributed by atoms with E-state index in [2.05, 4.69) is 96.1 Å². The summed E-state index contributed by atoms with van der Waals surface area (Å²) in [7, 11) is 0. The summed E-state index contributed by atoms with van der Waals surface area (Å²) in [5, 5.41) is 0. The van der Waals surface area contributed by atoms with Crippen LogP contribution in [0.1, 0.15) is 38.9 Å². The van der Waals surface area contributed by atoms with Gasteiger partial charge in [0.1, 0.15) is 0 Å². The quantitative estimate of drug-likeness (QED) is 0.591. The Morgan fingerprint density at radius 1 is 0.577 bits per heavy atom. The third kappa shape index (κ3) is 3.77. The van der Waals surface area contributed by atoms with Gasteiger partial charge in [-0.15, -0.1) is 0 Å². The molecule has 0 amide bonds. The first-order chi connectivity index (χ1) is 12.4. The Morgan fingerprint density at radius 3 is 1.35 bits per heavy atom. The molecule has 0 bridgehead atoms. The SMILES string of the molecule is Cc1cc(C)c(B(Cc2ccccc2)c2c(C)cc(C)cc2C)c(C)c1. The lowest BCUT2D eigenvalue weighted by Gasteiger charge is -2.24. The summed E-state index contributed by atoms with van der Waals surface area (Å²) in [5.41, 5.74) is 12.7. The van der Waals surface area contributed by atoms with E-state index in [1.54, 1.807) is 0 Å². The third-order valence-electron chi connectivity index (χ3n) is 5.46. The van der Waals surface area contributed by atoms with E-state index < -0.39 is 0 Å². The minimum absolute atomic E-state index is 0.388. The molecule has 26 heavy (non-hydrogen) atoms. The van der Waals surface area contributed by atoms with Crippen molar-refractivity contribution in [2.24, 2.45) is 0 Å². The Kier molecular flexibility index (Phi) is 5.37. The summed E-state index contributed by atoms with van der Waals surface area (Å²) in [6.45, 7) is 13.9. The fraction of sp³-hybridized carbons (Fsp3) is 0.280. The lowest BCUT2D eigenvalue weighted by molar-refractivity contribution is 1.30. The smallest absolute Gasteiger partial charge is 0.0681 e. The Labute approximate surface area is 159 Å². The molecular weight excluding hydrogens is 311 g/mol. The maximum absolute atomic E-state index is 2.33. The van der Waals surface area contributed by atoms with Crippen molar-refractivity contribution in [3.05, 3.63) is 93.5 Å². The van der Waals surface area contributed by atoms with Gasteiger partial charge in [-0.3, -0.25) is 0 Å². The van der Waals surface area contributed by atoms with Crippen LogP contribution in [-0.2, 0) is 6.32 Å².